The van der Waals surface area contributed by atoms with Gasteiger partial charge < -0.3 is 9.32 Å². The lowest BCUT2D eigenvalue weighted by Gasteiger charge is -2.22. The lowest BCUT2D eigenvalue weighted by molar-refractivity contribution is 0.0734. The SMILES string of the molecule is O=C(c1ccncc1)N(CCc1ccccc1)Cc1cc2ccccc2o1. The maximum Gasteiger partial charge on any atom is 0.254 e. The maximum absolute atomic E-state index is 13.0. The van der Waals surface area contributed by atoms with Crippen LogP contribution >= 0.6 is 0 Å². The minimum Gasteiger partial charge on any atom is -0.459 e. The molecule has 4 aromatic rings. The van der Waals surface area contributed by atoms with Crippen molar-refractivity contribution in [2.45, 2.75) is 13.0 Å². The van der Waals surface area contributed by atoms with E-state index in [-0.39, 0.29) is 5.91 Å². The predicted octanol–water partition coefficient (Wildman–Crippen LogP) is 4.71. The van der Waals surface area contributed by atoms with Gasteiger partial charge in [-0.05, 0) is 36.2 Å². The first-order chi connectivity index (χ1) is 13.3. The number of benzene rings is 2. The highest BCUT2D eigenvalue weighted by Crippen LogP contribution is 2.21. The second-order valence-electron chi connectivity index (χ2n) is 6.45. The van der Waals surface area contributed by atoms with Gasteiger partial charge in [0, 0.05) is 29.9 Å². The van der Waals surface area contributed by atoms with Crippen LogP contribution in [0.5, 0.6) is 0 Å². The van der Waals surface area contributed by atoms with Crippen LogP contribution in [0.2, 0.25) is 0 Å². The second kappa shape index (κ2) is 7.87. The highest BCUT2D eigenvalue weighted by atomic mass is 16.3. The van der Waals surface area contributed by atoms with E-state index in [9.17, 15) is 4.79 Å². The number of carbonyl (C=O) groups excluding carboxylic acids is 1. The number of rotatable bonds is 6. The molecular formula is C23H20N2O2. The monoisotopic (exact) mass is 356 g/mol. The fraction of sp³-hybridized carbons (Fsp3) is 0.130. The number of para-hydroxylation sites is 1. The average molecular weight is 356 g/mol. The van der Waals surface area contributed by atoms with E-state index < -0.39 is 0 Å². The fourth-order valence-electron chi connectivity index (χ4n) is 3.14. The lowest BCUT2D eigenvalue weighted by Crippen LogP contribution is -2.32. The Morgan fingerprint density at radius 1 is 0.926 bits per heavy atom. The Labute approximate surface area is 158 Å². The largest absolute Gasteiger partial charge is 0.459 e. The zero-order valence-electron chi connectivity index (χ0n) is 14.9. The number of furan rings is 1. The van der Waals surface area contributed by atoms with E-state index in [2.05, 4.69) is 17.1 Å². The third-order valence-corrected chi connectivity index (χ3v) is 4.55. The Morgan fingerprint density at radius 2 is 1.67 bits per heavy atom. The third-order valence-electron chi connectivity index (χ3n) is 4.55. The van der Waals surface area contributed by atoms with E-state index in [4.69, 9.17) is 4.42 Å². The molecule has 0 saturated heterocycles. The van der Waals surface area contributed by atoms with E-state index in [0.717, 1.165) is 23.2 Å². The number of aromatic nitrogens is 1. The van der Waals surface area contributed by atoms with Gasteiger partial charge in [-0.3, -0.25) is 9.78 Å². The Hall–Kier alpha value is -3.40. The molecule has 0 aliphatic rings. The van der Waals surface area contributed by atoms with Crippen molar-refractivity contribution in [3.05, 3.63) is 102 Å². The molecule has 0 atom stereocenters. The fourth-order valence-corrected chi connectivity index (χ4v) is 3.14. The average Bonchev–Trinajstić information content (AvgIpc) is 3.14. The van der Waals surface area contributed by atoms with Gasteiger partial charge in [-0.15, -0.1) is 0 Å². The summed E-state index contributed by atoms with van der Waals surface area (Å²) in [4.78, 5) is 18.9. The Balaban J connectivity index is 1.57. The second-order valence-corrected chi connectivity index (χ2v) is 6.45. The molecule has 0 aliphatic carbocycles. The molecule has 134 valence electrons. The van der Waals surface area contributed by atoms with Gasteiger partial charge in [0.1, 0.15) is 11.3 Å². The van der Waals surface area contributed by atoms with Crippen molar-refractivity contribution in [2.75, 3.05) is 6.54 Å². The number of hydrogen-bond acceptors (Lipinski definition) is 3. The van der Waals surface area contributed by atoms with Crippen molar-refractivity contribution in [1.29, 1.82) is 0 Å². The van der Waals surface area contributed by atoms with Crippen LogP contribution < -0.4 is 0 Å². The summed E-state index contributed by atoms with van der Waals surface area (Å²) in [5.41, 5.74) is 2.68. The van der Waals surface area contributed by atoms with Crippen molar-refractivity contribution >= 4 is 16.9 Å². The molecule has 4 rings (SSSR count). The van der Waals surface area contributed by atoms with Crippen LogP contribution in [-0.2, 0) is 13.0 Å². The van der Waals surface area contributed by atoms with Gasteiger partial charge in [0.15, 0.2) is 0 Å². The van der Waals surface area contributed by atoms with Crippen LogP contribution in [0.1, 0.15) is 21.7 Å². The molecule has 4 heteroatoms. The van der Waals surface area contributed by atoms with Crippen molar-refractivity contribution in [1.82, 2.24) is 9.88 Å². The molecule has 0 aliphatic heterocycles. The molecule has 0 saturated carbocycles. The van der Waals surface area contributed by atoms with Gasteiger partial charge in [-0.25, -0.2) is 0 Å². The number of fused-ring (bicyclic) bond motifs is 1. The first-order valence-electron chi connectivity index (χ1n) is 9.00. The summed E-state index contributed by atoms with van der Waals surface area (Å²) in [7, 11) is 0. The normalized spacial score (nSPS) is 10.8. The predicted molar refractivity (Wildman–Crippen MR) is 105 cm³/mol. The number of nitrogens with zero attached hydrogens (tertiary/aromatic N) is 2. The van der Waals surface area contributed by atoms with Gasteiger partial charge in [0.05, 0.1) is 6.54 Å². The zero-order chi connectivity index (χ0) is 18.5. The molecule has 0 radical (unpaired) electrons. The van der Waals surface area contributed by atoms with Crippen LogP contribution in [0.4, 0.5) is 0 Å². The first kappa shape index (κ1) is 17.0. The van der Waals surface area contributed by atoms with Crippen molar-refractivity contribution < 1.29 is 9.21 Å². The molecule has 0 fully saturated rings. The Bertz CT molecular complexity index is 993. The van der Waals surface area contributed by atoms with Gasteiger partial charge in [0.2, 0.25) is 0 Å². The quantitative estimate of drug-likeness (QED) is 0.502. The Morgan fingerprint density at radius 3 is 2.44 bits per heavy atom. The van der Waals surface area contributed by atoms with Crippen molar-refractivity contribution in [2.24, 2.45) is 0 Å². The molecule has 1 amide bonds. The summed E-state index contributed by atoms with van der Waals surface area (Å²) in [6, 6.07) is 23.6. The van der Waals surface area contributed by atoms with Crippen LogP contribution in [-0.4, -0.2) is 22.3 Å². The molecule has 0 bridgehead atoms. The maximum atomic E-state index is 13.0. The Kier molecular flexibility index (Phi) is 4.97. The van der Waals surface area contributed by atoms with Crippen LogP contribution in [0.25, 0.3) is 11.0 Å². The summed E-state index contributed by atoms with van der Waals surface area (Å²) >= 11 is 0. The molecule has 4 nitrogen and oxygen atoms in total. The molecule has 0 unspecified atom stereocenters. The van der Waals surface area contributed by atoms with Gasteiger partial charge in [-0.1, -0.05) is 48.5 Å². The van der Waals surface area contributed by atoms with Crippen molar-refractivity contribution in [3.8, 4) is 0 Å². The van der Waals surface area contributed by atoms with Gasteiger partial charge in [0.25, 0.3) is 5.91 Å². The summed E-state index contributed by atoms with van der Waals surface area (Å²) in [5.74, 6) is 0.764. The number of hydrogen-bond donors (Lipinski definition) is 0. The molecule has 27 heavy (non-hydrogen) atoms. The highest BCUT2D eigenvalue weighted by Gasteiger charge is 2.18. The van der Waals surface area contributed by atoms with E-state index in [1.807, 2.05) is 53.4 Å². The lowest BCUT2D eigenvalue weighted by atomic mass is 10.1. The van der Waals surface area contributed by atoms with E-state index in [0.29, 0.717) is 18.7 Å². The third kappa shape index (κ3) is 4.06. The number of pyridine rings is 1. The summed E-state index contributed by atoms with van der Waals surface area (Å²) in [6.45, 7) is 1.05. The van der Waals surface area contributed by atoms with Crippen LogP contribution in [0.3, 0.4) is 0 Å². The molecule has 0 N–H and O–H groups in total. The number of amides is 1. The molecule has 2 heterocycles. The summed E-state index contributed by atoms with van der Waals surface area (Å²) < 4.78 is 5.93. The highest BCUT2D eigenvalue weighted by molar-refractivity contribution is 5.94. The van der Waals surface area contributed by atoms with Gasteiger partial charge in [-0.2, -0.15) is 0 Å². The van der Waals surface area contributed by atoms with E-state index >= 15 is 0 Å². The molecule has 0 spiro atoms. The van der Waals surface area contributed by atoms with Crippen molar-refractivity contribution in [3.63, 3.8) is 0 Å². The van der Waals surface area contributed by atoms with E-state index in [1.54, 1.807) is 24.5 Å². The molecule has 2 aromatic heterocycles. The van der Waals surface area contributed by atoms with Crippen LogP contribution in [0.15, 0.2) is 89.6 Å². The van der Waals surface area contributed by atoms with Gasteiger partial charge >= 0.3 is 0 Å². The minimum absolute atomic E-state index is 0.0196. The standard InChI is InChI=1S/C23H20N2O2/c26-23(19-10-13-24-14-11-19)25(15-12-18-6-2-1-3-7-18)17-21-16-20-8-4-5-9-22(20)27-21/h1-11,13-14,16H,12,15,17H2. The minimum atomic E-state index is -0.0196. The first-order valence-corrected chi connectivity index (χ1v) is 9.00. The molecule has 2 aromatic carbocycles. The topological polar surface area (TPSA) is 46.3 Å². The smallest absolute Gasteiger partial charge is 0.254 e. The zero-order valence-corrected chi connectivity index (χ0v) is 14.9. The van der Waals surface area contributed by atoms with E-state index in [1.165, 1.54) is 5.56 Å². The summed E-state index contributed by atoms with van der Waals surface area (Å²) in [6.07, 6.45) is 4.07. The molecular weight excluding hydrogens is 336 g/mol. The summed E-state index contributed by atoms with van der Waals surface area (Å²) in [5, 5.41) is 1.05. The van der Waals surface area contributed by atoms with Crippen LogP contribution in [0, 0.1) is 0 Å². The number of carbonyl (C=O) groups is 1.